The summed E-state index contributed by atoms with van der Waals surface area (Å²) >= 11 is 0. The van der Waals surface area contributed by atoms with Crippen molar-refractivity contribution in [3.63, 3.8) is 0 Å². The number of halogens is 4. The van der Waals surface area contributed by atoms with Gasteiger partial charge in [-0.05, 0) is 44.0 Å². The van der Waals surface area contributed by atoms with Crippen LogP contribution in [0.2, 0.25) is 0 Å². The van der Waals surface area contributed by atoms with Gasteiger partial charge in [-0.2, -0.15) is 13.2 Å². The first-order chi connectivity index (χ1) is 16.5. The molecule has 0 radical (unpaired) electrons. The van der Waals surface area contributed by atoms with Crippen LogP contribution in [-0.4, -0.2) is 45.4 Å². The fourth-order valence-corrected chi connectivity index (χ4v) is 4.20. The molecule has 11 heteroatoms. The molecular weight excluding hydrogens is 472 g/mol. The molecule has 2 amide bonds. The van der Waals surface area contributed by atoms with E-state index in [2.05, 4.69) is 5.32 Å². The molecular formula is C24H26F4N2O5. The molecule has 1 aliphatic heterocycles. The summed E-state index contributed by atoms with van der Waals surface area (Å²) in [5.74, 6) is -2.19. The van der Waals surface area contributed by atoms with Crippen molar-refractivity contribution in [3.05, 3.63) is 52.8 Å². The summed E-state index contributed by atoms with van der Waals surface area (Å²) in [4.78, 5) is 26.8. The predicted octanol–water partition coefficient (Wildman–Crippen LogP) is 5.13. The largest absolute Gasteiger partial charge is 0.493 e. The molecule has 7 nitrogen and oxygen atoms in total. The maximum Gasteiger partial charge on any atom is 0.419 e. The lowest BCUT2D eigenvalue weighted by atomic mass is 9.85. The number of alkyl halides is 3. The molecule has 0 saturated carbocycles. The van der Waals surface area contributed by atoms with Gasteiger partial charge in [-0.25, -0.2) is 9.18 Å². The number of rotatable bonds is 6. The zero-order chi connectivity index (χ0) is 25.9. The number of hydrogen-bond donors (Lipinski definition) is 1. The lowest BCUT2D eigenvalue weighted by Crippen LogP contribution is -2.45. The molecule has 2 aromatic rings. The minimum absolute atomic E-state index is 0.0159. The third kappa shape index (κ3) is 5.28. The number of anilines is 1. The number of fused-ring (bicyclic) bond motifs is 1. The van der Waals surface area contributed by atoms with E-state index in [4.69, 9.17) is 14.2 Å². The Morgan fingerprint density at radius 1 is 1.14 bits per heavy atom. The minimum atomic E-state index is -4.93. The van der Waals surface area contributed by atoms with Crippen LogP contribution in [-0.2, 0) is 10.9 Å². The maximum absolute atomic E-state index is 14.4. The SMILES string of the molecule is CCOC(=O)N1c2cc(OC)c(OC)cc2C(CNC(=O)c2cccc(C(F)(F)F)c2F)CC1C. The van der Waals surface area contributed by atoms with Gasteiger partial charge in [0.25, 0.3) is 5.91 Å². The number of amides is 2. The molecule has 2 unspecified atom stereocenters. The predicted molar refractivity (Wildman–Crippen MR) is 120 cm³/mol. The summed E-state index contributed by atoms with van der Waals surface area (Å²) in [6.45, 7) is 3.65. The topological polar surface area (TPSA) is 77.1 Å². The number of nitrogens with one attached hydrogen (secondary N) is 1. The number of carbonyl (C=O) groups is 2. The molecule has 1 N–H and O–H groups in total. The molecule has 2 aromatic carbocycles. The van der Waals surface area contributed by atoms with E-state index in [9.17, 15) is 27.2 Å². The lowest BCUT2D eigenvalue weighted by molar-refractivity contribution is -0.140. The molecule has 0 saturated heterocycles. The van der Waals surface area contributed by atoms with Gasteiger partial charge in [0.05, 0.1) is 37.6 Å². The number of ether oxygens (including phenoxy) is 3. The highest BCUT2D eigenvalue weighted by Crippen LogP contribution is 2.44. The molecule has 0 fully saturated rings. The van der Waals surface area contributed by atoms with Crippen LogP contribution in [0.3, 0.4) is 0 Å². The normalized spacial score (nSPS) is 17.4. The van der Waals surface area contributed by atoms with Gasteiger partial charge >= 0.3 is 12.3 Å². The molecule has 0 aliphatic carbocycles. The number of benzene rings is 2. The van der Waals surface area contributed by atoms with Crippen molar-refractivity contribution in [1.29, 1.82) is 0 Å². The van der Waals surface area contributed by atoms with Crippen molar-refractivity contribution >= 4 is 17.7 Å². The van der Waals surface area contributed by atoms with Gasteiger partial charge in [0, 0.05) is 24.6 Å². The number of hydrogen-bond acceptors (Lipinski definition) is 5. The van der Waals surface area contributed by atoms with Crippen molar-refractivity contribution in [1.82, 2.24) is 5.32 Å². The van der Waals surface area contributed by atoms with Crippen LogP contribution in [0.4, 0.5) is 28.0 Å². The smallest absolute Gasteiger partial charge is 0.419 e. The van der Waals surface area contributed by atoms with Crippen molar-refractivity contribution in [2.75, 3.05) is 32.3 Å². The summed E-state index contributed by atoms with van der Waals surface area (Å²) in [7, 11) is 2.90. The first-order valence-electron chi connectivity index (χ1n) is 10.9. The second-order valence-electron chi connectivity index (χ2n) is 7.99. The number of nitrogens with zero attached hydrogens (tertiary/aromatic N) is 1. The highest BCUT2D eigenvalue weighted by atomic mass is 19.4. The molecule has 190 valence electrons. The highest BCUT2D eigenvalue weighted by Gasteiger charge is 2.37. The summed E-state index contributed by atoms with van der Waals surface area (Å²) in [5, 5.41) is 2.53. The van der Waals surface area contributed by atoms with Gasteiger partial charge in [0.2, 0.25) is 0 Å². The summed E-state index contributed by atoms with van der Waals surface area (Å²) in [6, 6.07) is 5.51. The Morgan fingerprint density at radius 2 is 1.80 bits per heavy atom. The number of methoxy groups -OCH3 is 2. The van der Waals surface area contributed by atoms with Crippen LogP contribution in [0, 0.1) is 5.82 Å². The van der Waals surface area contributed by atoms with Crippen LogP contribution in [0.1, 0.15) is 47.7 Å². The Hall–Kier alpha value is -3.50. The van der Waals surface area contributed by atoms with Crippen molar-refractivity contribution < 1.29 is 41.4 Å². The Labute approximate surface area is 199 Å². The third-order valence-electron chi connectivity index (χ3n) is 5.82. The van der Waals surface area contributed by atoms with Gasteiger partial charge in [-0.15, -0.1) is 0 Å². The molecule has 2 atom stereocenters. The third-order valence-corrected chi connectivity index (χ3v) is 5.82. The monoisotopic (exact) mass is 498 g/mol. The number of carbonyl (C=O) groups excluding carboxylic acids is 2. The average molecular weight is 498 g/mol. The Morgan fingerprint density at radius 3 is 2.40 bits per heavy atom. The van der Waals surface area contributed by atoms with Crippen LogP contribution >= 0.6 is 0 Å². The van der Waals surface area contributed by atoms with Crippen LogP contribution in [0.5, 0.6) is 11.5 Å². The van der Waals surface area contributed by atoms with E-state index in [-0.39, 0.29) is 25.1 Å². The summed E-state index contributed by atoms with van der Waals surface area (Å²) in [5.41, 5.74) is -1.09. The zero-order valence-electron chi connectivity index (χ0n) is 19.7. The fourth-order valence-electron chi connectivity index (χ4n) is 4.20. The van der Waals surface area contributed by atoms with Gasteiger partial charge < -0.3 is 19.5 Å². The molecule has 1 heterocycles. The quantitative estimate of drug-likeness (QED) is 0.559. The first-order valence-corrected chi connectivity index (χ1v) is 10.9. The molecule has 1 aliphatic rings. The second-order valence-corrected chi connectivity index (χ2v) is 7.99. The van der Waals surface area contributed by atoms with Gasteiger partial charge in [0.1, 0.15) is 5.82 Å². The fraction of sp³-hybridized carbons (Fsp3) is 0.417. The van der Waals surface area contributed by atoms with E-state index in [1.54, 1.807) is 26.0 Å². The standard InChI is InChI=1S/C24H26F4N2O5/c1-5-35-23(32)30-13(2)9-14(16-10-19(33-3)20(34-4)11-18(16)30)12-29-22(31)15-7-6-8-17(21(15)25)24(26,27)28/h6-8,10-11,13-14H,5,9,12H2,1-4H3,(H,29,31). The van der Waals surface area contributed by atoms with Gasteiger partial charge in [0.15, 0.2) is 11.5 Å². The first kappa shape index (κ1) is 26.1. The summed E-state index contributed by atoms with van der Waals surface area (Å²) in [6.07, 6.45) is -5.08. The molecule has 0 spiro atoms. The highest BCUT2D eigenvalue weighted by molar-refractivity contribution is 5.95. The molecule has 35 heavy (non-hydrogen) atoms. The van der Waals surface area contributed by atoms with E-state index < -0.39 is 35.1 Å². The maximum atomic E-state index is 14.4. The van der Waals surface area contributed by atoms with Crippen molar-refractivity contribution in [2.45, 2.75) is 38.4 Å². The Balaban J connectivity index is 1.93. The van der Waals surface area contributed by atoms with E-state index >= 15 is 0 Å². The second kappa shape index (κ2) is 10.4. The molecule has 0 aromatic heterocycles. The van der Waals surface area contributed by atoms with E-state index in [0.29, 0.717) is 35.2 Å². The average Bonchev–Trinajstić information content (AvgIpc) is 2.80. The van der Waals surface area contributed by atoms with E-state index in [1.165, 1.54) is 19.1 Å². The van der Waals surface area contributed by atoms with Crippen LogP contribution in [0.25, 0.3) is 0 Å². The molecule has 0 bridgehead atoms. The van der Waals surface area contributed by atoms with Crippen LogP contribution in [0.15, 0.2) is 30.3 Å². The minimum Gasteiger partial charge on any atom is -0.493 e. The Kier molecular flexibility index (Phi) is 7.76. The lowest BCUT2D eigenvalue weighted by Gasteiger charge is -2.39. The molecule has 3 rings (SSSR count). The zero-order valence-corrected chi connectivity index (χ0v) is 19.7. The van der Waals surface area contributed by atoms with Crippen molar-refractivity contribution in [2.24, 2.45) is 0 Å². The van der Waals surface area contributed by atoms with Crippen LogP contribution < -0.4 is 19.7 Å². The van der Waals surface area contributed by atoms with Gasteiger partial charge in [-0.1, -0.05) is 6.07 Å². The Bertz CT molecular complexity index is 1110. The van der Waals surface area contributed by atoms with E-state index in [1.807, 2.05) is 0 Å². The summed E-state index contributed by atoms with van der Waals surface area (Å²) < 4.78 is 69.4. The van der Waals surface area contributed by atoms with E-state index in [0.717, 1.165) is 12.1 Å². The van der Waals surface area contributed by atoms with Crippen molar-refractivity contribution in [3.8, 4) is 11.5 Å². The van der Waals surface area contributed by atoms with Gasteiger partial charge in [-0.3, -0.25) is 9.69 Å².